The number of hydrogen-bond acceptors (Lipinski definition) is 7. The van der Waals surface area contributed by atoms with Crippen molar-refractivity contribution in [3.63, 3.8) is 0 Å². The number of rotatable bonds is 6. The molecule has 1 amide bonds. The van der Waals surface area contributed by atoms with Crippen molar-refractivity contribution in [3.8, 4) is 0 Å². The molecule has 2 N–H and O–H groups in total. The minimum atomic E-state index is -0.675. The number of benzene rings is 1. The second kappa shape index (κ2) is 6.98. The molecular formula is C13H15N3O4S. The quantitative estimate of drug-likeness (QED) is 0.540. The van der Waals surface area contributed by atoms with E-state index in [-0.39, 0.29) is 18.3 Å². The monoisotopic (exact) mass is 309 g/mol. The molecule has 8 heteroatoms. The van der Waals surface area contributed by atoms with Crippen molar-refractivity contribution >= 4 is 41.6 Å². The summed E-state index contributed by atoms with van der Waals surface area (Å²) in [6, 6.07) is 6.80. The van der Waals surface area contributed by atoms with Crippen LogP contribution in [0.25, 0.3) is 11.1 Å². The van der Waals surface area contributed by atoms with Crippen LogP contribution < -0.4 is 10.6 Å². The maximum atomic E-state index is 11.9. The van der Waals surface area contributed by atoms with E-state index < -0.39 is 17.9 Å². The van der Waals surface area contributed by atoms with Gasteiger partial charge < -0.3 is 19.8 Å². The summed E-state index contributed by atoms with van der Waals surface area (Å²) in [6.07, 6.45) is 0. The van der Waals surface area contributed by atoms with Gasteiger partial charge in [0.1, 0.15) is 18.1 Å². The Balaban J connectivity index is 2.00. The molecule has 0 aliphatic heterocycles. The molecule has 1 atom stereocenters. The highest BCUT2D eigenvalue weighted by Gasteiger charge is 2.19. The predicted octanol–water partition coefficient (Wildman–Crippen LogP) is 0.827. The van der Waals surface area contributed by atoms with Gasteiger partial charge >= 0.3 is 5.97 Å². The summed E-state index contributed by atoms with van der Waals surface area (Å²) in [5.74, 6) is -0.702. The van der Waals surface area contributed by atoms with Gasteiger partial charge in [-0.25, -0.2) is 0 Å². The topological polar surface area (TPSA) is 93.5 Å². The Labute approximate surface area is 126 Å². The normalized spacial score (nSPS) is 11.9. The number of ether oxygens (including phenoxy) is 1. The lowest BCUT2D eigenvalue weighted by molar-refractivity contribution is -0.141. The Bertz CT molecular complexity index is 610. The van der Waals surface area contributed by atoms with E-state index in [9.17, 15) is 9.59 Å². The van der Waals surface area contributed by atoms with E-state index in [1.165, 1.54) is 7.11 Å². The summed E-state index contributed by atoms with van der Waals surface area (Å²) in [7, 11) is 1.25. The number of nitrogens with zero attached hydrogens (tertiary/aromatic N) is 1. The molecule has 0 saturated heterocycles. The SMILES string of the molecule is COC(=O)CNC(=O)[C@H](CS)Nc1nc2ccccc2o1. The first-order valence-corrected chi connectivity index (χ1v) is 6.84. The van der Waals surface area contributed by atoms with Gasteiger partial charge in [0.2, 0.25) is 5.91 Å². The first kappa shape index (κ1) is 15.2. The second-order valence-corrected chi connectivity index (χ2v) is 4.53. The van der Waals surface area contributed by atoms with Crippen LogP contribution in [0.4, 0.5) is 6.01 Å². The van der Waals surface area contributed by atoms with E-state index >= 15 is 0 Å². The number of aromatic nitrogens is 1. The second-order valence-electron chi connectivity index (χ2n) is 4.16. The number of oxazole rings is 1. The Morgan fingerprint density at radius 2 is 2.19 bits per heavy atom. The van der Waals surface area contributed by atoms with Gasteiger partial charge in [0, 0.05) is 5.75 Å². The van der Waals surface area contributed by atoms with Crippen LogP contribution in [0.15, 0.2) is 28.7 Å². The van der Waals surface area contributed by atoms with Crippen molar-refractivity contribution in [1.29, 1.82) is 0 Å². The van der Waals surface area contributed by atoms with Crippen LogP contribution in [0.3, 0.4) is 0 Å². The molecule has 21 heavy (non-hydrogen) atoms. The fourth-order valence-electron chi connectivity index (χ4n) is 1.63. The van der Waals surface area contributed by atoms with E-state index in [0.29, 0.717) is 11.1 Å². The molecule has 2 aromatic rings. The standard InChI is InChI=1S/C13H15N3O4S/c1-19-11(17)6-14-12(18)9(7-21)16-13-15-8-4-2-3-5-10(8)20-13/h2-5,9,21H,6-7H2,1H3,(H,14,18)(H,15,16)/t9-/m0/s1. The van der Waals surface area contributed by atoms with Gasteiger partial charge in [0.05, 0.1) is 7.11 Å². The molecule has 0 fully saturated rings. The third-order valence-electron chi connectivity index (χ3n) is 2.73. The molecule has 0 spiro atoms. The molecule has 1 aromatic carbocycles. The number of anilines is 1. The van der Waals surface area contributed by atoms with Gasteiger partial charge in [0.15, 0.2) is 5.58 Å². The van der Waals surface area contributed by atoms with Crippen LogP contribution in [0.2, 0.25) is 0 Å². The van der Waals surface area contributed by atoms with Crippen LogP contribution >= 0.6 is 12.6 Å². The Hall–Kier alpha value is -2.22. The number of thiol groups is 1. The fraction of sp³-hybridized carbons (Fsp3) is 0.308. The van der Waals surface area contributed by atoms with Gasteiger partial charge in [-0.3, -0.25) is 9.59 Å². The third-order valence-corrected chi connectivity index (χ3v) is 3.09. The molecule has 0 unspecified atom stereocenters. The number of para-hydroxylation sites is 2. The molecule has 0 aliphatic rings. The minimum absolute atomic E-state index is 0.200. The lowest BCUT2D eigenvalue weighted by atomic mass is 10.3. The maximum absolute atomic E-state index is 11.9. The van der Waals surface area contributed by atoms with Gasteiger partial charge in [-0.15, -0.1) is 0 Å². The first-order chi connectivity index (χ1) is 10.1. The average Bonchev–Trinajstić information content (AvgIpc) is 2.92. The molecular weight excluding hydrogens is 294 g/mol. The van der Waals surface area contributed by atoms with Crippen molar-refractivity contribution in [1.82, 2.24) is 10.3 Å². The van der Waals surface area contributed by atoms with Crippen molar-refractivity contribution in [2.24, 2.45) is 0 Å². The summed E-state index contributed by atoms with van der Waals surface area (Å²) in [5.41, 5.74) is 1.31. The number of carbonyl (C=O) groups excluding carboxylic acids is 2. The number of carbonyl (C=O) groups is 2. The summed E-state index contributed by atoms with van der Waals surface area (Å²) in [6.45, 7) is -0.200. The van der Waals surface area contributed by atoms with Crippen molar-refractivity contribution in [2.75, 3.05) is 24.7 Å². The molecule has 1 aromatic heterocycles. The number of esters is 1. The Morgan fingerprint density at radius 3 is 2.86 bits per heavy atom. The van der Waals surface area contributed by atoms with Gasteiger partial charge in [0.25, 0.3) is 6.01 Å². The minimum Gasteiger partial charge on any atom is -0.468 e. The van der Waals surface area contributed by atoms with Crippen LogP contribution in [0, 0.1) is 0 Å². The van der Waals surface area contributed by atoms with E-state index in [0.717, 1.165) is 0 Å². The average molecular weight is 309 g/mol. The number of fused-ring (bicyclic) bond motifs is 1. The van der Waals surface area contributed by atoms with Crippen molar-refractivity contribution in [3.05, 3.63) is 24.3 Å². The summed E-state index contributed by atoms with van der Waals surface area (Å²) in [4.78, 5) is 27.1. The summed E-state index contributed by atoms with van der Waals surface area (Å²) < 4.78 is 9.92. The first-order valence-electron chi connectivity index (χ1n) is 6.21. The molecule has 0 aliphatic carbocycles. The van der Waals surface area contributed by atoms with E-state index in [2.05, 4.69) is 33.0 Å². The maximum Gasteiger partial charge on any atom is 0.325 e. The number of nitrogens with one attached hydrogen (secondary N) is 2. The lowest BCUT2D eigenvalue weighted by Crippen LogP contribution is -2.43. The molecule has 1 heterocycles. The van der Waals surface area contributed by atoms with Gasteiger partial charge in [-0.2, -0.15) is 17.6 Å². The van der Waals surface area contributed by atoms with Crippen LogP contribution in [-0.4, -0.2) is 42.3 Å². The predicted molar refractivity (Wildman–Crippen MR) is 80.3 cm³/mol. The Kier molecular flexibility index (Phi) is 5.04. The van der Waals surface area contributed by atoms with Crippen molar-refractivity contribution in [2.45, 2.75) is 6.04 Å². The van der Waals surface area contributed by atoms with Gasteiger partial charge in [-0.1, -0.05) is 12.1 Å². The zero-order valence-corrected chi connectivity index (χ0v) is 12.2. The lowest BCUT2D eigenvalue weighted by Gasteiger charge is -2.14. The van der Waals surface area contributed by atoms with E-state index in [4.69, 9.17) is 4.42 Å². The Morgan fingerprint density at radius 1 is 1.43 bits per heavy atom. The van der Waals surface area contributed by atoms with Crippen molar-refractivity contribution < 1.29 is 18.7 Å². The summed E-state index contributed by atoms with van der Waals surface area (Å²) in [5, 5.41) is 5.29. The van der Waals surface area contributed by atoms with Crippen LogP contribution in [-0.2, 0) is 14.3 Å². The molecule has 2 rings (SSSR count). The fourth-order valence-corrected chi connectivity index (χ4v) is 1.89. The van der Waals surface area contributed by atoms with Crippen LogP contribution in [0.5, 0.6) is 0 Å². The van der Waals surface area contributed by atoms with Crippen LogP contribution in [0.1, 0.15) is 0 Å². The zero-order valence-electron chi connectivity index (χ0n) is 11.3. The molecule has 0 radical (unpaired) electrons. The molecule has 0 saturated carbocycles. The smallest absolute Gasteiger partial charge is 0.325 e. The zero-order chi connectivity index (χ0) is 15.2. The highest BCUT2D eigenvalue weighted by atomic mass is 32.1. The van der Waals surface area contributed by atoms with Gasteiger partial charge in [-0.05, 0) is 12.1 Å². The van der Waals surface area contributed by atoms with E-state index in [1.54, 1.807) is 12.1 Å². The highest BCUT2D eigenvalue weighted by Crippen LogP contribution is 2.18. The third kappa shape index (κ3) is 3.88. The number of methoxy groups -OCH3 is 1. The molecule has 0 bridgehead atoms. The largest absolute Gasteiger partial charge is 0.468 e. The molecule has 112 valence electrons. The summed E-state index contributed by atoms with van der Waals surface area (Å²) >= 11 is 4.11. The highest BCUT2D eigenvalue weighted by molar-refractivity contribution is 7.80. The molecule has 7 nitrogen and oxygen atoms in total. The number of hydrogen-bond donors (Lipinski definition) is 3. The number of amides is 1. The van der Waals surface area contributed by atoms with E-state index in [1.807, 2.05) is 12.1 Å².